The first kappa shape index (κ1) is 20.0. The minimum absolute atomic E-state index is 0.00225. The van der Waals surface area contributed by atoms with Crippen LogP contribution in [0.2, 0.25) is 0 Å². The van der Waals surface area contributed by atoms with Gasteiger partial charge in [-0.2, -0.15) is 0 Å². The molecule has 0 amide bonds. The summed E-state index contributed by atoms with van der Waals surface area (Å²) in [6.45, 7) is 2.56. The van der Waals surface area contributed by atoms with E-state index in [4.69, 9.17) is 4.52 Å². The lowest BCUT2D eigenvalue weighted by atomic mass is 10.1. The van der Waals surface area contributed by atoms with E-state index in [0.717, 1.165) is 28.0 Å². The van der Waals surface area contributed by atoms with Crippen LogP contribution in [0.5, 0.6) is 0 Å². The van der Waals surface area contributed by atoms with Gasteiger partial charge in [0.1, 0.15) is 5.69 Å². The molecule has 158 valence electrons. The van der Waals surface area contributed by atoms with Gasteiger partial charge in [-0.15, -0.1) is 0 Å². The Kier molecular flexibility index (Phi) is 5.44. The Hall–Kier alpha value is -3.89. The van der Waals surface area contributed by atoms with Crippen LogP contribution in [-0.2, 0) is 6.54 Å². The minimum Gasteiger partial charge on any atom is -0.392 e. The Labute approximate surface area is 186 Å². The summed E-state index contributed by atoms with van der Waals surface area (Å²) in [7, 11) is 0. The molecule has 3 aromatic carbocycles. The number of nitrogens with zero attached hydrogens (tertiary/aromatic N) is 2. The molecule has 2 aromatic heterocycles. The van der Waals surface area contributed by atoms with Gasteiger partial charge in [-0.3, -0.25) is 0 Å². The predicted molar refractivity (Wildman–Crippen MR) is 130 cm³/mol. The van der Waals surface area contributed by atoms with Crippen LogP contribution >= 0.6 is 0 Å². The third-order valence-corrected chi connectivity index (χ3v) is 5.74. The highest BCUT2D eigenvalue weighted by Gasteiger charge is 2.17. The molecule has 5 aromatic rings. The number of aliphatic hydroxyl groups is 1. The van der Waals surface area contributed by atoms with Gasteiger partial charge in [0.05, 0.1) is 12.3 Å². The molecule has 0 saturated carbocycles. The summed E-state index contributed by atoms with van der Waals surface area (Å²) in [5.41, 5.74) is 4.78. The van der Waals surface area contributed by atoms with Crippen molar-refractivity contribution in [2.75, 3.05) is 6.61 Å². The molecule has 0 saturated heterocycles. The molecule has 32 heavy (non-hydrogen) atoms. The van der Waals surface area contributed by atoms with E-state index in [9.17, 15) is 5.11 Å². The maximum atomic E-state index is 9.70. The second-order valence-corrected chi connectivity index (χ2v) is 7.74. The van der Waals surface area contributed by atoms with Crippen LogP contribution in [0.15, 0.2) is 107 Å². The SMILES string of the molecule is C/C=C\C(=C/Cn1c(-c2cc(-c3ccccc3)no2)cc2c3ccccc3ccc21)CO. The molecule has 0 radical (unpaired) electrons. The molecular weight excluding hydrogens is 396 g/mol. The second kappa shape index (κ2) is 8.69. The quantitative estimate of drug-likeness (QED) is 0.314. The Morgan fingerprint density at radius 3 is 2.59 bits per heavy atom. The maximum absolute atomic E-state index is 9.70. The van der Waals surface area contributed by atoms with Crippen LogP contribution in [0.3, 0.4) is 0 Å². The number of benzene rings is 3. The van der Waals surface area contributed by atoms with Crippen molar-refractivity contribution < 1.29 is 9.63 Å². The first-order chi connectivity index (χ1) is 15.8. The van der Waals surface area contributed by atoms with E-state index in [-0.39, 0.29) is 6.61 Å². The summed E-state index contributed by atoms with van der Waals surface area (Å²) in [5, 5.41) is 17.6. The molecule has 5 rings (SSSR count). The van der Waals surface area contributed by atoms with Gasteiger partial charge in [-0.25, -0.2) is 0 Å². The van der Waals surface area contributed by atoms with Crippen LogP contribution in [0.25, 0.3) is 44.4 Å². The van der Waals surface area contributed by atoms with Crippen molar-refractivity contribution in [2.24, 2.45) is 0 Å². The third kappa shape index (κ3) is 3.66. The molecule has 0 aliphatic rings. The largest absolute Gasteiger partial charge is 0.392 e. The maximum Gasteiger partial charge on any atom is 0.183 e. The van der Waals surface area contributed by atoms with Gasteiger partial charge >= 0.3 is 0 Å². The zero-order valence-electron chi connectivity index (χ0n) is 17.9. The summed E-state index contributed by atoms with van der Waals surface area (Å²) in [6.07, 6.45) is 5.92. The van der Waals surface area contributed by atoms with Gasteiger partial charge in [0.15, 0.2) is 5.76 Å². The minimum atomic E-state index is 0.00225. The smallest absolute Gasteiger partial charge is 0.183 e. The van der Waals surface area contributed by atoms with Crippen molar-refractivity contribution in [3.63, 3.8) is 0 Å². The highest BCUT2D eigenvalue weighted by molar-refractivity contribution is 6.08. The molecule has 4 heteroatoms. The molecule has 4 nitrogen and oxygen atoms in total. The topological polar surface area (TPSA) is 51.2 Å². The fraction of sp³-hybridized carbons (Fsp3) is 0.107. The van der Waals surface area contributed by atoms with Gasteiger partial charge in [-0.05, 0) is 35.4 Å². The number of hydrogen-bond donors (Lipinski definition) is 1. The number of rotatable bonds is 6. The van der Waals surface area contributed by atoms with Gasteiger partial charge in [0.25, 0.3) is 0 Å². The average molecular weight is 421 g/mol. The fourth-order valence-electron chi connectivity index (χ4n) is 4.17. The fourth-order valence-corrected chi connectivity index (χ4v) is 4.17. The van der Waals surface area contributed by atoms with Gasteiger partial charge in [0.2, 0.25) is 0 Å². The summed E-state index contributed by atoms with van der Waals surface area (Å²) in [4.78, 5) is 0. The number of hydrogen-bond acceptors (Lipinski definition) is 3. The number of aliphatic hydroxyl groups excluding tert-OH is 1. The van der Waals surface area contributed by atoms with E-state index >= 15 is 0 Å². The van der Waals surface area contributed by atoms with Crippen molar-refractivity contribution in [2.45, 2.75) is 13.5 Å². The molecule has 0 spiro atoms. The first-order valence-corrected chi connectivity index (χ1v) is 10.7. The average Bonchev–Trinajstić information content (AvgIpc) is 3.47. The molecule has 0 unspecified atom stereocenters. The van der Waals surface area contributed by atoms with Crippen LogP contribution in [0.4, 0.5) is 0 Å². The lowest BCUT2D eigenvalue weighted by Gasteiger charge is -2.08. The summed E-state index contributed by atoms with van der Waals surface area (Å²) in [5.74, 6) is 0.717. The second-order valence-electron chi connectivity index (χ2n) is 7.74. The Balaban J connectivity index is 1.68. The third-order valence-electron chi connectivity index (χ3n) is 5.74. The van der Waals surface area contributed by atoms with Crippen molar-refractivity contribution in [3.05, 3.63) is 103 Å². The Bertz CT molecular complexity index is 1440. The van der Waals surface area contributed by atoms with Gasteiger partial charge < -0.3 is 14.2 Å². The molecule has 0 bridgehead atoms. The summed E-state index contributed by atoms with van der Waals surface area (Å²) >= 11 is 0. The molecular formula is C28H24N2O2. The van der Waals surface area contributed by atoms with Crippen LogP contribution in [-0.4, -0.2) is 21.4 Å². The van der Waals surface area contributed by atoms with Crippen molar-refractivity contribution >= 4 is 21.7 Å². The van der Waals surface area contributed by atoms with Crippen LogP contribution in [0.1, 0.15) is 6.92 Å². The van der Waals surface area contributed by atoms with E-state index in [1.165, 1.54) is 16.2 Å². The lowest BCUT2D eigenvalue weighted by molar-refractivity contribution is 0.334. The van der Waals surface area contributed by atoms with E-state index in [0.29, 0.717) is 12.3 Å². The highest BCUT2D eigenvalue weighted by atomic mass is 16.5. The van der Waals surface area contributed by atoms with Gasteiger partial charge in [-0.1, -0.05) is 84.0 Å². The normalized spacial score (nSPS) is 12.4. The highest BCUT2D eigenvalue weighted by Crippen LogP contribution is 2.34. The monoisotopic (exact) mass is 420 g/mol. The number of aromatic nitrogens is 2. The zero-order valence-corrected chi connectivity index (χ0v) is 17.9. The molecule has 0 fully saturated rings. The molecule has 0 aliphatic carbocycles. The zero-order chi connectivity index (χ0) is 21.9. The Morgan fingerprint density at radius 2 is 1.78 bits per heavy atom. The van der Waals surface area contributed by atoms with Crippen LogP contribution in [0, 0.1) is 0 Å². The van der Waals surface area contributed by atoms with Crippen LogP contribution < -0.4 is 0 Å². The van der Waals surface area contributed by atoms with E-state index in [1.54, 1.807) is 0 Å². The summed E-state index contributed by atoms with van der Waals surface area (Å²) < 4.78 is 8.03. The van der Waals surface area contributed by atoms with Crippen molar-refractivity contribution in [3.8, 4) is 22.7 Å². The van der Waals surface area contributed by atoms with E-state index in [2.05, 4.69) is 52.2 Å². The van der Waals surface area contributed by atoms with Crippen molar-refractivity contribution in [1.29, 1.82) is 0 Å². The van der Waals surface area contributed by atoms with E-state index in [1.807, 2.05) is 61.5 Å². The lowest BCUT2D eigenvalue weighted by Crippen LogP contribution is -1.99. The molecule has 2 heterocycles. The van der Waals surface area contributed by atoms with Crippen molar-refractivity contribution in [1.82, 2.24) is 9.72 Å². The first-order valence-electron chi connectivity index (χ1n) is 10.7. The molecule has 1 N–H and O–H groups in total. The van der Waals surface area contributed by atoms with E-state index < -0.39 is 0 Å². The molecule has 0 aliphatic heterocycles. The standard InChI is InChI=1S/C28H24N2O2/c1-2-8-20(19-31)15-16-30-26-14-13-21-9-6-7-12-23(21)24(26)17-27(30)28-18-25(29-32-28)22-10-4-3-5-11-22/h2-15,17-18,31H,16,19H2,1H3/b8-2-,20-15+. The number of allylic oxidation sites excluding steroid dienone is 2. The number of fused-ring (bicyclic) bond motifs is 3. The Morgan fingerprint density at radius 1 is 0.969 bits per heavy atom. The molecule has 0 atom stereocenters. The summed E-state index contributed by atoms with van der Waals surface area (Å²) in [6, 6.07) is 26.9. The van der Waals surface area contributed by atoms with Gasteiger partial charge in [0, 0.05) is 29.1 Å². The predicted octanol–water partition coefficient (Wildman–Crippen LogP) is 6.61.